The van der Waals surface area contributed by atoms with E-state index in [4.69, 9.17) is 29.0 Å². The molecule has 3 heterocycles. The molecule has 41 heavy (non-hydrogen) atoms. The van der Waals surface area contributed by atoms with E-state index < -0.39 is 50.9 Å². The van der Waals surface area contributed by atoms with Crippen LogP contribution in [0.2, 0.25) is 0 Å². The van der Waals surface area contributed by atoms with Gasteiger partial charge in [-0.3, -0.25) is 18.4 Å². The molecule has 6 atom stereocenters. The van der Waals surface area contributed by atoms with E-state index in [1.54, 1.807) is 13.8 Å². The largest absolute Gasteiger partial charge is 0.479 e. The number of aliphatic hydroxyl groups is 2. The minimum atomic E-state index is -4.19. The number of aryl methyl sites for hydroxylation is 1. The second kappa shape index (κ2) is 12.8. The second-order valence-corrected chi connectivity index (χ2v) is 11.6. The number of fused-ring (bicyclic) bond motifs is 1. The van der Waals surface area contributed by atoms with Gasteiger partial charge in [0.05, 0.1) is 32.8 Å². The summed E-state index contributed by atoms with van der Waals surface area (Å²) in [6.07, 6.45) is -4.24. The molecule has 1 fully saturated rings. The van der Waals surface area contributed by atoms with E-state index in [1.807, 2.05) is 31.2 Å². The molecule has 3 aromatic rings. The van der Waals surface area contributed by atoms with Gasteiger partial charge in [0.2, 0.25) is 11.8 Å². The molecular formula is C25H35N6O9P. The number of carbonyl (C=O) groups is 1. The van der Waals surface area contributed by atoms with E-state index in [1.165, 1.54) is 24.9 Å². The van der Waals surface area contributed by atoms with Gasteiger partial charge in [-0.05, 0) is 38.8 Å². The lowest BCUT2D eigenvalue weighted by Gasteiger charge is -2.25. The zero-order chi connectivity index (χ0) is 29.9. The number of methoxy groups -OCH3 is 1. The molecule has 0 spiro atoms. The number of rotatable bonds is 12. The van der Waals surface area contributed by atoms with Crippen LogP contribution in [-0.4, -0.2) is 79.9 Å². The van der Waals surface area contributed by atoms with Crippen molar-refractivity contribution in [1.82, 2.24) is 24.6 Å². The van der Waals surface area contributed by atoms with Crippen LogP contribution in [-0.2, 0) is 34.5 Å². The number of imidazole rings is 1. The number of nitrogens with two attached hydrogens (primary N) is 1. The highest BCUT2D eigenvalue weighted by Gasteiger charge is 2.46. The summed E-state index contributed by atoms with van der Waals surface area (Å²) in [6.45, 7) is 6.16. The van der Waals surface area contributed by atoms with Gasteiger partial charge in [0.1, 0.15) is 24.4 Å². The average Bonchev–Trinajstić information content (AvgIpc) is 3.46. The zero-order valence-corrected chi connectivity index (χ0v) is 24.2. The van der Waals surface area contributed by atoms with Crippen LogP contribution >= 0.6 is 7.75 Å². The summed E-state index contributed by atoms with van der Waals surface area (Å²) in [5.74, 6) is -0.617. The summed E-state index contributed by atoms with van der Waals surface area (Å²) < 4.78 is 42.8. The summed E-state index contributed by atoms with van der Waals surface area (Å²) >= 11 is 0. The summed E-state index contributed by atoms with van der Waals surface area (Å²) in [6, 6.07) is 6.30. The smallest absolute Gasteiger partial charge is 0.406 e. The van der Waals surface area contributed by atoms with E-state index in [9.17, 15) is 19.6 Å². The lowest BCUT2D eigenvalue weighted by atomic mass is 10.1. The van der Waals surface area contributed by atoms with Gasteiger partial charge in [0.15, 0.2) is 17.4 Å². The number of esters is 1. The standard InChI is InChI=1S/C25H35N6O9P/c1-13(2)39-24(34)15(4)30-41(35,37-10-16-9-7-6-8-14(16)3)38-11-17-19(32)20(33)23(40-17)31-12-27-18-21(31)28-25(26)29-22(18)36-5/h6-9,12-13,15,17,19-20,23,32-33H,10-11H2,1-5H3,(H,30,35)(H2,26,28,29)/t15-,17?,19?,20?,23?,41-/m0/s1. The van der Waals surface area contributed by atoms with Crippen LogP contribution in [0.15, 0.2) is 30.6 Å². The van der Waals surface area contributed by atoms with E-state index >= 15 is 0 Å². The minimum Gasteiger partial charge on any atom is -0.479 e. The second-order valence-electron chi connectivity index (χ2n) is 9.79. The average molecular weight is 595 g/mol. The van der Waals surface area contributed by atoms with Crippen molar-refractivity contribution in [1.29, 1.82) is 0 Å². The molecule has 4 rings (SSSR count). The first-order valence-electron chi connectivity index (χ1n) is 12.9. The predicted molar refractivity (Wildman–Crippen MR) is 146 cm³/mol. The highest BCUT2D eigenvalue weighted by molar-refractivity contribution is 7.51. The minimum absolute atomic E-state index is 0.0908. The lowest BCUT2D eigenvalue weighted by Crippen LogP contribution is -2.37. The Morgan fingerprint density at radius 2 is 1.93 bits per heavy atom. The number of hydrogen-bond donors (Lipinski definition) is 4. The predicted octanol–water partition coefficient (Wildman–Crippen LogP) is 1.62. The Labute approximate surface area is 236 Å². The van der Waals surface area contributed by atoms with Crippen molar-refractivity contribution >= 4 is 30.8 Å². The Bertz CT molecular complexity index is 1420. The molecule has 0 bridgehead atoms. The number of carbonyl (C=O) groups excluding carboxylic acids is 1. The van der Waals surface area contributed by atoms with Crippen molar-refractivity contribution in [3.05, 3.63) is 41.7 Å². The number of nitrogens with zero attached hydrogens (tertiary/aromatic N) is 4. The number of aromatic nitrogens is 4. The zero-order valence-electron chi connectivity index (χ0n) is 23.3. The van der Waals surface area contributed by atoms with E-state index in [2.05, 4.69) is 20.0 Å². The van der Waals surface area contributed by atoms with Crippen LogP contribution in [0.5, 0.6) is 5.88 Å². The number of nitrogen functional groups attached to an aromatic ring is 1. The fourth-order valence-electron chi connectivity index (χ4n) is 4.17. The molecule has 0 radical (unpaired) electrons. The van der Waals surface area contributed by atoms with Crippen molar-refractivity contribution in [3.8, 4) is 5.88 Å². The number of anilines is 1. The molecule has 0 aliphatic carbocycles. The summed E-state index contributed by atoms with van der Waals surface area (Å²) in [5.41, 5.74) is 7.92. The number of aliphatic hydroxyl groups excluding tert-OH is 2. The van der Waals surface area contributed by atoms with Crippen LogP contribution in [0.25, 0.3) is 11.2 Å². The molecule has 224 valence electrons. The summed E-state index contributed by atoms with van der Waals surface area (Å²) in [4.78, 5) is 24.8. The summed E-state index contributed by atoms with van der Waals surface area (Å²) in [7, 11) is -2.79. The Kier molecular flexibility index (Phi) is 9.59. The molecule has 5 N–H and O–H groups in total. The number of ether oxygens (including phenoxy) is 3. The van der Waals surface area contributed by atoms with Crippen molar-refractivity contribution in [2.24, 2.45) is 0 Å². The Morgan fingerprint density at radius 1 is 1.20 bits per heavy atom. The SMILES string of the molecule is COc1nc(N)nc2c1ncn2C1OC(CO[P@](=O)(N[C@@H](C)C(=O)OC(C)C)OCc2ccccc2C)C(O)C1O. The Balaban J connectivity index is 1.51. The van der Waals surface area contributed by atoms with Crippen LogP contribution in [0, 0.1) is 6.92 Å². The maximum atomic E-state index is 13.8. The molecule has 16 heteroatoms. The van der Waals surface area contributed by atoms with E-state index in [-0.39, 0.29) is 35.7 Å². The van der Waals surface area contributed by atoms with Gasteiger partial charge in [-0.25, -0.2) is 14.6 Å². The highest BCUT2D eigenvalue weighted by Crippen LogP contribution is 2.46. The first-order chi connectivity index (χ1) is 19.4. The van der Waals surface area contributed by atoms with Crippen molar-refractivity contribution in [2.75, 3.05) is 19.5 Å². The van der Waals surface area contributed by atoms with Crippen molar-refractivity contribution in [2.45, 2.75) is 71.0 Å². The molecule has 1 aliphatic heterocycles. The fourth-order valence-corrected chi connectivity index (χ4v) is 5.62. The quantitative estimate of drug-likeness (QED) is 0.174. The third kappa shape index (κ3) is 7.01. The van der Waals surface area contributed by atoms with Crippen LogP contribution in [0.3, 0.4) is 0 Å². The lowest BCUT2D eigenvalue weighted by molar-refractivity contribution is -0.149. The van der Waals surface area contributed by atoms with E-state index in [0.717, 1.165) is 11.1 Å². The van der Waals surface area contributed by atoms with Crippen molar-refractivity contribution in [3.63, 3.8) is 0 Å². The number of hydrogen-bond acceptors (Lipinski definition) is 13. The van der Waals surface area contributed by atoms with Gasteiger partial charge >= 0.3 is 13.7 Å². The first kappa shape index (κ1) is 30.8. The van der Waals surface area contributed by atoms with Crippen LogP contribution in [0.4, 0.5) is 5.95 Å². The van der Waals surface area contributed by atoms with Gasteiger partial charge < -0.3 is 30.2 Å². The van der Waals surface area contributed by atoms with Gasteiger partial charge in [-0.2, -0.15) is 9.97 Å². The molecule has 1 aromatic carbocycles. The normalized spacial score (nSPS) is 23.0. The first-order valence-corrected chi connectivity index (χ1v) is 14.4. The molecule has 0 amide bonds. The van der Waals surface area contributed by atoms with Gasteiger partial charge in [0.25, 0.3) is 0 Å². The van der Waals surface area contributed by atoms with Crippen LogP contribution < -0.4 is 15.6 Å². The number of nitrogens with one attached hydrogen (secondary N) is 1. The highest BCUT2D eigenvalue weighted by atomic mass is 31.2. The maximum absolute atomic E-state index is 13.8. The maximum Gasteiger partial charge on any atom is 0.406 e. The fraction of sp³-hybridized carbons (Fsp3) is 0.520. The molecule has 4 unspecified atom stereocenters. The third-order valence-corrected chi connectivity index (χ3v) is 7.99. The molecule has 15 nitrogen and oxygen atoms in total. The van der Waals surface area contributed by atoms with Gasteiger partial charge in [-0.15, -0.1) is 0 Å². The van der Waals surface area contributed by atoms with Crippen LogP contribution in [0.1, 0.15) is 38.1 Å². The van der Waals surface area contributed by atoms with E-state index in [0.29, 0.717) is 0 Å². The molecule has 0 saturated carbocycles. The molecule has 1 aliphatic rings. The molecule has 1 saturated heterocycles. The molecule has 2 aromatic heterocycles. The Hall–Kier alpha value is -3.17. The monoisotopic (exact) mass is 594 g/mol. The summed E-state index contributed by atoms with van der Waals surface area (Å²) in [5, 5.41) is 24.2. The van der Waals surface area contributed by atoms with Gasteiger partial charge in [0, 0.05) is 0 Å². The van der Waals surface area contributed by atoms with Crippen molar-refractivity contribution < 1.29 is 42.8 Å². The topological polar surface area (TPSA) is 202 Å². The molecular weight excluding hydrogens is 559 g/mol. The Morgan fingerprint density at radius 3 is 2.61 bits per heavy atom. The third-order valence-electron chi connectivity index (χ3n) is 6.33. The van der Waals surface area contributed by atoms with Gasteiger partial charge in [-0.1, -0.05) is 24.3 Å². The number of benzene rings is 1.